The molecule has 27 heteroatoms. The third-order valence-corrected chi connectivity index (χ3v) is 16.9. The van der Waals surface area contributed by atoms with Gasteiger partial charge in [-0.15, -0.1) is 0 Å². The van der Waals surface area contributed by atoms with Crippen LogP contribution in [0.3, 0.4) is 0 Å². The Morgan fingerprint density at radius 2 is 0.516 bits per heavy atom. The van der Waals surface area contributed by atoms with Crippen molar-refractivity contribution >= 4 is 109 Å². The van der Waals surface area contributed by atoms with E-state index < -0.39 is 59.5 Å². The molecule has 0 spiro atoms. The van der Waals surface area contributed by atoms with Crippen molar-refractivity contribution in [2.45, 2.75) is 83.6 Å². The van der Waals surface area contributed by atoms with Gasteiger partial charge in [-0.05, 0) is 244 Å². The van der Waals surface area contributed by atoms with Crippen LogP contribution in [-0.4, -0.2) is 107 Å². The zero-order chi connectivity index (χ0) is 95.3. The highest BCUT2D eigenvalue weighted by Crippen LogP contribution is 2.30. The van der Waals surface area contributed by atoms with E-state index in [-0.39, 0.29) is 46.2 Å². The lowest BCUT2D eigenvalue weighted by Gasteiger charge is -2.09. The molecule has 0 saturated carbocycles. The SMILES string of the molecule is C.C=CC(=O)OCCOc1ccc(C)cc1.C=CC(=O)OCCOc1ccc(C)cc1Br.C=CC(=O)OCCOc1ccc(C)cc1C.C=CC(=O)OCCOc1ccc(C)cc1Cl.C=CC(=O)Oc1ccc(C)cc1.C=CC(=O)Oc1ccc(C)cc1Br.C=CC(=O)Oc1ccc(C)cc1C.C=CC(=O)Oc1ccc(C)cc1Cl.C=CC(=O)Oc1ccc(C)cc1F. The van der Waals surface area contributed by atoms with Gasteiger partial charge in [-0.25, -0.2) is 47.5 Å². The van der Waals surface area contributed by atoms with Crippen LogP contribution in [0.5, 0.6) is 51.7 Å². The predicted molar refractivity (Wildman–Crippen MR) is 508 cm³/mol. The average Bonchev–Trinajstić information content (AvgIpc) is 0.885. The summed E-state index contributed by atoms with van der Waals surface area (Å²) in [6.07, 6.45) is 10.0. The van der Waals surface area contributed by atoms with Crippen LogP contribution in [-0.2, 0) is 62.1 Å². The van der Waals surface area contributed by atoms with Gasteiger partial charge >= 0.3 is 53.7 Å². The van der Waals surface area contributed by atoms with Gasteiger partial charge < -0.3 is 61.6 Å². The van der Waals surface area contributed by atoms with Gasteiger partial charge in [-0.3, -0.25) is 0 Å². The topological polar surface area (TPSA) is 274 Å². The van der Waals surface area contributed by atoms with E-state index in [0.717, 1.165) is 131 Å². The molecule has 0 aliphatic rings. The molecule has 0 aliphatic heterocycles. The summed E-state index contributed by atoms with van der Waals surface area (Å²) >= 11 is 18.5. The average molecular weight is 1920 g/mol. The molecule has 0 saturated heterocycles. The summed E-state index contributed by atoms with van der Waals surface area (Å²) < 4.78 is 79.6. The van der Waals surface area contributed by atoms with Crippen LogP contribution in [0.1, 0.15) is 68.6 Å². The molecule has 0 aliphatic carbocycles. The fraction of sp³-hybridized carbons (Fsp3) is 0.198. The minimum absolute atomic E-state index is 0. The van der Waals surface area contributed by atoms with Gasteiger partial charge in [-0.1, -0.05) is 191 Å². The first-order chi connectivity index (χ1) is 60.4. The molecular formula is C101H109Br2Cl2FO22. The Morgan fingerprint density at radius 3 is 0.867 bits per heavy atom. The van der Waals surface area contributed by atoms with E-state index in [2.05, 4.69) is 95.8 Å². The Hall–Kier alpha value is -13.5. The number of halogens is 5. The van der Waals surface area contributed by atoms with Crippen LogP contribution in [0.25, 0.3) is 0 Å². The van der Waals surface area contributed by atoms with Gasteiger partial charge in [0.15, 0.2) is 11.6 Å². The summed E-state index contributed by atoms with van der Waals surface area (Å²) in [6.45, 7) is 53.2. The highest BCUT2D eigenvalue weighted by atomic mass is 79.9. The lowest BCUT2D eigenvalue weighted by molar-refractivity contribution is -0.139. The molecule has 22 nitrogen and oxygen atoms in total. The molecule has 9 aromatic carbocycles. The maximum atomic E-state index is 13.0. The summed E-state index contributed by atoms with van der Waals surface area (Å²) in [6, 6.07) is 52.9. The van der Waals surface area contributed by atoms with Gasteiger partial charge in [0.1, 0.15) is 98.9 Å². The normalized spacial score (nSPS) is 9.38. The highest BCUT2D eigenvalue weighted by molar-refractivity contribution is 9.11. The molecule has 0 N–H and O–H groups in total. The van der Waals surface area contributed by atoms with E-state index >= 15 is 0 Å². The van der Waals surface area contributed by atoms with E-state index in [4.69, 9.17) is 80.0 Å². The molecular weight excluding hydrogens is 1810 g/mol. The minimum atomic E-state index is -0.664. The molecule has 0 unspecified atom stereocenters. The van der Waals surface area contributed by atoms with Crippen LogP contribution < -0.4 is 42.6 Å². The smallest absolute Gasteiger partial charge is 0.335 e. The minimum Gasteiger partial charge on any atom is -0.490 e. The van der Waals surface area contributed by atoms with Gasteiger partial charge in [0.2, 0.25) is 0 Å². The summed E-state index contributed by atoms with van der Waals surface area (Å²) in [5, 5.41) is 0.977. The van der Waals surface area contributed by atoms with Crippen molar-refractivity contribution in [2.24, 2.45) is 0 Å². The molecule has 0 aromatic heterocycles. The van der Waals surface area contributed by atoms with Crippen molar-refractivity contribution in [1.82, 2.24) is 0 Å². The molecule has 0 bridgehead atoms. The zero-order valence-corrected chi connectivity index (χ0v) is 77.5. The number of benzene rings is 9. The second-order valence-corrected chi connectivity index (χ2v) is 28.4. The maximum Gasteiger partial charge on any atom is 0.335 e. The first kappa shape index (κ1) is 115. The Labute approximate surface area is 776 Å². The van der Waals surface area contributed by atoms with Crippen LogP contribution in [0, 0.1) is 82.0 Å². The number of ether oxygens (including phenoxy) is 13. The standard InChI is InChI=1S/C13H16O3.C12H13BrO3.C12H13ClO3.C12H14O3.C11H12O2.C10H9BrO2.C10H9ClO2.C10H9FO2.C10H10O2.CH4/c1-4-13(14)16-8-7-15-12-6-5-10(2)9-11(12)3;2*1-3-12(14)16-7-6-15-11-5-4-9(2)8-10(11)13;1-3-12(13)15-9-8-14-11-6-4-10(2)5-7-11;1-4-11(12)13-10-6-5-8(2)7-9(10)3;3*1-3-10(12)13-9-5-4-7(2)6-8(9)11;1-3-10(11)12-9-6-4-8(2)5-7-9;/h4-6,9H,1,7-8H2,2-3H3;2*3-5,8H,1,6-7H2,2H3;3-7H,1,8-9H2,2H3;4-7H,1H2,2-3H3;3*3-6H,1H2,2H3;3-7H,1H2,2H3;1H4. The van der Waals surface area contributed by atoms with E-state index in [1.54, 1.807) is 55.5 Å². The molecule has 0 radical (unpaired) electrons. The monoisotopic (exact) mass is 1920 g/mol. The van der Waals surface area contributed by atoms with Crippen molar-refractivity contribution in [3.05, 3.63) is 376 Å². The second-order valence-electron chi connectivity index (χ2n) is 25.8. The third-order valence-electron chi connectivity index (χ3n) is 15.1. The molecule has 9 rings (SSSR count). The summed E-state index contributed by atoms with van der Waals surface area (Å²) in [4.78, 5) is 96.8. The van der Waals surface area contributed by atoms with Crippen molar-refractivity contribution in [2.75, 3.05) is 52.9 Å². The largest absolute Gasteiger partial charge is 0.490 e. The summed E-state index contributed by atoms with van der Waals surface area (Å²) in [5.74, 6) is 0.0674. The Bertz CT molecular complexity index is 4720. The van der Waals surface area contributed by atoms with E-state index in [0.29, 0.717) is 58.6 Å². The van der Waals surface area contributed by atoms with Crippen molar-refractivity contribution in [3.63, 3.8) is 0 Å². The number of esters is 9. The lowest BCUT2D eigenvalue weighted by atomic mass is 10.1. The molecule has 0 fully saturated rings. The first-order valence-electron chi connectivity index (χ1n) is 38.3. The van der Waals surface area contributed by atoms with E-state index in [9.17, 15) is 47.5 Å². The molecule has 0 atom stereocenters. The highest BCUT2D eigenvalue weighted by Gasteiger charge is 2.11. The first-order valence-corrected chi connectivity index (χ1v) is 40.7. The van der Waals surface area contributed by atoms with Crippen LogP contribution >= 0.6 is 55.1 Å². The number of aryl methyl sites for hydroxylation is 11. The summed E-state index contributed by atoms with van der Waals surface area (Å²) in [7, 11) is 0. The fourth-order valence-corrected chi connectivity index (χ4v) is 10.6. The maximum absolute atomic E-state index is 13.0. The Balaban J connectivity index is 0.00000142. The molecule has 680 valence electrons. The summed E-state index contributed by atoms with van der Waals surface area (Å²) in [5.41, 5.74) is 11.8. The number of hydrogen-bond acceptors (Lipinski definition) is 22. The number of carbonyl (C=O) groups is 9. The van der Waals surface area contributed by atoms with Gasteiger partial charge in [-0.2, -0.15) is 0 Å². The molecule has 0 amide bonds. The zero-order valence-electron chi connectivity index (χ0n) is 72.8. The Morgan fingerprint density at radius 1 is 0.266 bits per heavy atom. The van der Waals surface area contributed by atoms with Crippen molar-refractivity contribution in [3.8, 4) is 51.7 Å². The molecule has 128 heavy (non-hydrogen) atoms. The van der Waals surface area contributed by atoms with Crippen molar-refractivity contribution in [1.29, 1.82) is 0 Å². The predicted octanol–water partition coefficient (Wildman–Crippen LogP) is 23.1. The number of rotatable bonds is 30. The van der Waals surface area contributed by atoms with Gasteiger partial charge in [0.05, 0.1) is 19.0 Å². The quantitative estimate of drug-likeness (QED) is 0.0133. The van der Waals surface area contributed by atoms with Gasteiger partial charge in [0.25, 0.3) is 0 Å². The lowest BCUT2D eigenvalue weighted by Crippen LogP contribution is -2.10. The van der Waals surface area contributed by atoms with Crippen LogP contribution in [0.2, 0.25) is 10.0 Å². The van der Waals surface area contributed by atoms with E-state index in [1.165, 1.54) is 23.3 Å². The number of hydrogen-bond donors (Lipinski definition) is 0. The second kappa shape index (κ2) is 66.1. The van der Waals surface area contributed by atoms with Crippen molar-refractivity contribution < 1.29 is 109 Å². The van der Waals surface area contributed by atoms with E-state index in [1.807, 2.05) is 184 Å². The van der Waals surface area contributed by atoms with Crippen LogP contribution in [0.15, 0.2) is 299 Å². The molecule has 9 aromatic rings. The third kappa shape index (κ3) is 52.4. The Kier molecular flexibility index (Phi) is 59.1. The fourth-order valence-electron chi connectivity index (χ4n) is 8.80. The van der Waals surface area contributed by atoms with Gasteiger partial charge in [0, 0.05) is 54.7 Å². The van der Waals surface area contributed by atoms with Crippen LogP contribution in [0.4, 0.5) is 4.39 Å². The number of carbonyl (C=O) groups excluding carboxylic acids is 9. The molecule has 0 heterocycles.